The predicted octanol–water partition coefficient (Wildman–Crippen LogP) is 3.24. The van der Waals surface area contributed by atoms with Gasteiger partial charge in [-0.3, -0.25) is 9.59 Å². The van der Waals surface area contributed by atoms with Gasteiger partial charge < -0.3 is 14.8 Å². The molecule has 0 saturated carbocycles. The van der Waals surface area contributed by atoms with Crippen molar-refractivity contribution in [2.24, 2.45) is 0 Å². The summed E-state index contributed by atoms with van der Waals surface area (Å²) in [4.78, 5) is 36.0. The maximum Gasteiger partial charge on any atom is 0.338 e. The minimum atomic E-state index is -1.00. The van der Waals surface area contributed by atoms with Crippen LogP contribution in [0.2, 0.25) is 0 Å². The maximum atomic E-state index is 12.3. The Kier molecular flexibility index (Phi) is 5.35. The summed E-state index contributed by atoms with van der Waals surface area (Å²) in [6.45, 7) is 3.02. The summed E-state index contributed by atoms with van der Waals surface area (Å²) >= 11 is 0. The Morgan fingerprint density at radius 3 is 2.67 bits per heavy atom. The van der Waals surface area contributed by atoms with Crippen LogP contribution in [0.25, 0.3) is 6.08 Å². The molecule has 3 rings (SSSR count). The Balaban J connectivity index is 1.63. The molecular weight excluding hydrogens is 346 g/mol. The van der Waals surface area contributed by atoms with Crippen molar-refractivity contribution in [2.45, 2.75) is 20.0 Å². The molecule has 1 amide bonds. The summed E-state index contributed by atoms with van der Waals surface area (Å²) in [6, 6.07) is 13.9. The van der Waals surface area contributed by atoms with Gasteiger partial charge in [0.25, 0.3) is 5.91 Å². The molecule has 27 heavy (non-hydrogen) atoms. The first kappa shape index (κ1) is 18.4. The monoisotopic (exact) mass is 365 g/mol. The molecule has 2 aromatic carbocycles. The molecule has 1 aliphatic rings. The van der Waals surface area contributed by atoms with E-state index in [-0.39, 0.29) is 12.4 Å². The smallest absolute Gasteiger partial charge is 0.338 e. The average Bonchev–Trinajstić information content (AvgIpc) is 2.67. The van der Waals surface area contributed by atoms with Crippen LogP contribution in [0.4, 0.5) is 5.69 Å². The van der Waals surface area contributed by atoms with Crippen molar-refractivity contribution in [3.63, 3.8) is 0 Å². The zero-order valence-electron chi connectivity index (χ0n) is 15.0. The van der Waals surface area contributed by atoms with Crippen molar-refractivity contribution >= 4 is 29.4 Å². The van der Waals surface area contributed by atoms with E-state index < -0.39 is 18.0 Å². The van der Waals surface area contributed by atoms with Crippen LogP contribution in [0.1, 0.15) is 29.8 Å². The Morgan fingerprint density at radius 2 is 1.89 bits per heavy atom. The van der Waals surface area contributed by atoms with Gasteiger partial charge in [0, 0.05) is 16.8 Å². The molecule has 1 aliphatic heterocycles. The van der Waals surface area contributed by atoms with Crippen LogP contribution >= 0.6 is 0 Å². The SMILES string of the molecule is CC(=O)c1cccc(NC(=O)[C@H](C)OC(=O)C2=Cc3ccccc3OC2)c1. The number of nitrogens with one attached hydrogen (secondary N) is 1. The van der Waals surface area contributed by atoms with Crippen LogP contribution in [-0.2, 0) is 14.3 Å². The lowest BCUT2D eigenvalue weighted by atomic mass is 10.1. The number of ketones is 1. The van der Waals surface area contributed by atoms with E-state index in [1.54, 1.807) is 30.3 Å². The molecule has 0 fully saturated rings. The van der Waals surface area contributed by atoms with Crippen molar-refractivity contribution in [3.05, 3.63) is 65.2 Å². The number of hydrogen-bond acceptors (Lipinski definition) is 5. The number of esters is 1. The summed E-state index contributed by atoms with van der Waals surface area (Å²) in [5.41, 5.74) is 2.08. The summed E-state index contributed by atoms with van der Waals surface area (Å²) in [7, 11) is 0. The van der Waals surface area contributed by atoms with E-state index in [1.807, 2.05) is 24.3 Å². The molecule has 138 valence electrons. The molecule has 0 unspecified atom stereocenters. The lowest BCUT2D eigenvalue weighted by molar-refractivity contribution is -0.149. The van der Waals surface area contributed by atoms with Crippen LogP contribution in [0.5, 0.6) is 5.75 Å². The van der Waals surface area contributed by atoms with Gasteiger partial charge in [-0.1, -0.05) is 30.3 Å². The zero-order chi connectivity index (χ0) is 19.4. The number of hydrogen-bond donors (Lipinski definition) is 1. The fraction of sp³-hybridized carbons (Fsp3) is 0.190. The lowest BCUT2D eigenvalue weighted by Crippen LogP contribution is -2.31. The Labute approximate surface area is 156 Å². The fourth-order valence-electron chi connectivity index (χ4n) is 2.58. The number of ether oxygens (including phenoxy) is 2. The second kappa shape index (κ2) is 7.86. The highest BCUT2D eigenvalue weighted by atomic mass is 16.6. The highest BCUT2D eigenvalue weighted by Gasteiger charge is 2.23. The molecule has 0 aliphatic carbocycles. The van der Waals surface area contributed by atoms with Crippen LogP contribution in [-0.4, -0.2) is 30.4 Å². The molecule has 0 saturated heterocycles. The van der Waals surface area contributed by atoms with Gasteiger partial charge in [0.2, 0.25) is 0 Å². The molecule has 0 spiro atoms. The first-order valence-corrected chi connectivity index (χ1v) is 8.49. The normalized spacial score (nSPS) is 13.5. The molecule has 6 heteroatoms. The van der Waals surface area contributed by atoms with Gasteiger partial charge in [-0.05, 0) is 38.1 Å². The van der Waals surface area contributed by atoms with E-state index in [0.717, 1.165) is 5.56 Å². The van der Waals surface area contributed by atoms with E-state index in [2.05, 4.69) is 5.32 Å². The Bertz CT molecular complexity index is 932. The highest BCUT2D eigenvalue weighted by molar-refractivity contribution is 6.00. The zero-order valence-corrected chi connectivity index (χ0v) is 15.0. The van der Waals surface area contributed by atoms with Crippen molar-refractivity contribution in [1.82, 2.24) is 0 Å². The van der Waals surface area contributed by atoms with Crippen molar-refractivity contribution in [1.29, 1.82) is 0 Å². The standard InChI is InChI=1S/C21H19NO5/c1-13(23)15-7-5-8-18(11-15)22-20(24)14(2)27-21(25)17-10-16-6-3-4-9-19(16)26-12-17/h3-11,14H,12H2,1-2H3,(H,22,24)/t14-/m0/s1. The van der Waals surface area contributed by atoms with E-state index >= 15 is 0 Å². The van der Waals surface area contributed by atoms with Crippen molar-refractivity contribution in [2.75, 3.05) is 11.9 Å². The fourth-order valence-corrected chi connectivity index (χ4v) is 2.58. The number of anilines is 1. The first-order chi connectivity index (χ1) is 12.9. The average molecular weight is 365 g/mol. The van der Waals surface area contributed by atoms with Gasteiger partial charge in [-0.2, -0.15) is 0 Å². The molecule has 0 bridgehead atoms. The topological polar surface area (TPSA) is 81.7 Å². The number of Topliss-reactive ketones (excluding diaryl/α,β-unsaturated/α-hetero) is 1. The quantitative estimate of drug-likeness (QED) is 0.650. The van der Waals surface area contributed by atoms with E-state index in [4.69, 9.17) is 9.47 Å². The summed E-state index contributed by atoms with van der Waals surface area (Å²) in [5.74, 6) is -0.494. The van der Waals surface area contributed by atoms with Gasteiger partial charge in [-0.15, -0.1) is 0 Å². The summed E-state index contributed by atoms with van der Waals surface area (Å²) < 4.78 is 10.8. The number of para-hydroxylation sites is 1. The molecule has 1 N–H and O–H groups in total. The number of amides is 1. The molecule has 6 nitrogen and oxygen atoms in total. The van der Waals surface area contributed by atoms with Gasteiger partial charge in [0.15, 0.2) is 11.9 Å². The number of benzene rings is 2. The van der Waals surface area contributed by atoms with Crippen molar-refractivity contribution < 1.29 is 23.9 Å². The number of carbonyl (C=O) groups excluding carboxylic acids is 3. The van der Waals surface area contributed by atoms with Crippen LogP contribution in [0.15, 0.2) is 54.1 Å². The molecule has 0 aromatic heterocycles. The number of fused-ring (bicyclic) bond motifs is 1. The molecule has 1 atom stereocenters. The van der Waals surface area contributed by atoms with Crippen LogP contribution in [0, 0.1) is 0 Å². The number of rotatable bonds is 5. The van der Waals surface area contributed by atoms with Crippen molar-refractivity contribution in [3.8, 4) is 5.75 Å². The van der Waals surface area contributed by atoms with Crippen LogP contribution in [0.3, 0.4) is 0 Å². The van der Waals surface area contributed by atoms with Gasteiger partial charge in [0.1, 0.15) is 12.4 Å². The van der Waals surface area contributed by atoms with Gasteiger partial charge in [-0.25, -0.2) is 4.79 Å². The highest BCUT2D eigenvalue weighted by Crippen LogP contribution is 2.26. The molecule has 2 aromatic rings. The Hall–Kier alpha value is -3.41. The van der Waals surface area contributed by atoms with Crippen LogP contribution < -0.4 is 10.1 Å². The summed E-state index contributed by atoms with van der Waals surface area (Å²) in [5, 5.41) is 2.64. The second-order valence-electron chi connectivity index (χ2n) is 6.17. The third-order valence-corrected chi connectivity index (χ3v) is 4.08. The van der Waals surface area contributed by atoms with Gasteiger partial charge in [0.05, 0.1) is 5.57 Å². The number of carbonyl (C=O) groups is 3. The third-order valence-electron chi connectivity index (χ3n) is 4.08. The largest absolute Gasteiger partial charge is 0.488 e. The van der Waals surface area contributed by atoms with E-state index in [0.29, 0.717) is 22.6 Å². The molecule has 1 heterocycles. The van der Waals surface area contributed by atoms with Gasteiger partial charge >= 0.3 is 5.97 Å². The van der Waals surface area contributed by atoms with E-state index in [1.165, 1.54) is 13.8 Å². The maximum absolute atomic E-state index is 12.3. The minimum absolute atomic E-state index is 0.0881. The minimum Gasteiger partial charge on any atom is -0.488 e. The van der Waals surface area contributed by atoms with E-state index in [9.17, 15) is 14.4 Å². The predicted molar refractivity (Wildman–Crippen MR) is 101 cm³/mol. The summed E-state index contributed by atoms with van der Waals surface area (Å²) in [6.07, 6.45) is 0.693. The lowest BCUT2D eigenvalue weighted by Gasteiger charge is -2.19. The Morgan fingerprint density at radius 1 is 1.11 bits per heavy atom. The second-order valence-corrected chi connectivity index (χ2v) is 6.17. The molecular formula is C21H19NO5. The first-order valence-electron chi connectivity index (χ1n) is 8.49. The third kappa shape index (κ3) is 4.41. The molecule has 0 radical (unpaired) electrons.